The minimum atomic E-state index is -0.749. The molecule has 1 aliphatic heterocycles. The SMILES string of the molecule is COCCCN(C(=O)c1cccc(NC(=O)C2CCCO2)c1)c1c(N)n(CC(C)C)c(=O)[nH]c1=O. The van der Waals surface area contributed by atoms with E-state index in [0.717, 1.165) is 6.42 Å². The Morgan fingerprint density at radius 2 is 2.11 bits per heavy atom. The first-order valence-corrected chi connectivity index (χ1v) is 11.7. The number of nitrogens with two attached hydrogens (primary N) is 1. The second-order valence-corrected chi connectivity index (χ2v) is 8.87. The van der Waals surface area contributed by atoms with Gasteiger partial charge in [-0.05, 0) is 43.4 Å². The Bertz CT molecular complexity index is 1170. The molecule has 1 aliphatic rings. The van der Waals surface area contributed by atoms with Crippen molar-refractivity contribution in [1.82, 2.24) is 9.55 Å². The number of ether oxygens (including phenoxy) is 2. The standard InChI is InChI=1S/C24H33N5O6/c1-15(2)14-29-20(25)19(22(31)27-24(29)33)28(10-6-11-34-3)23(32)16-7-4-8-17(13-16)26-21(30)18-9-5-12-35-18/h4,7-8,13,15,18H,5-6,9-12,14,25H2,1-3H3,(H,26,30)(H,27,31,33). The van der Waals surface area contributed by atoms with E-state index in [9.17, 15) is 19.2 Å². The highest BCUT2D eigenvalue weighted by Gasteiger charge is 2.27. The molecule has 35 heavy (non-hydrogen) atoms. The number of carbonyl (C=O) groups is 2. The highest BCUT2D eigenvalue weighted by Crippen LogP contribution is 2.22. The molecule has 1 aromatic carbocycles. The second kappa shape index (κ2) is 11.8. The predicted octanol–water partition coefficient (Wildman–Crippen LogP) is 1.58. The Hall–Kier alpha value is -3.44. The Morgan fingerprint density at radius 3 is 2.77 bits per heavy atom. The van der Waals surface area contributed by atoms with E-state index in [1.54, 1.807) is 18.2 Å². The number of hydrogen-bond donors (Lipinski definition) is 3. The van der Waals surface area contributed by atoms with Crippen LogP contribution in [0.3, 0.4) is 0 Å². The molecule has 4 N–H and O–H groups in total. The largest absolute Gasteiger partial charge is 0.385 e. The average Bonchev–Trinajstić information content (AvgIpc) is 3.36. The van der Waals surface area contributed by atoms with Gasteiger partial charge in [-0.15, -0.1) is 0 Å². The van der Waals surface area contributed by atoms with Crippen LogP contribution in [0.5, 0.6) is 0 Å². The Balaban J connectivity index is 1.96. The van der Waals surface area contributed by atoms with Crippen LogP contribution < -0.4 is 27.2 Å². The van der Waals surface area contributed by atoms with Gasteiger partial charge in [0.15, 0.2) is 5.69 Å². The molecule has 1 saturated heterocycles. The Labute approximate surface area is 203 Å². The molecule has 0 aliphatic carbocycles. The number of amides is 2. The zero-order valence-corrected chi connectivity index (χ0v) is 20.3. The van der Waals surface area contributed by atoms with Crippen LogP contribution in [0.25, 0.3) is 0 Å². The monoisotopic (exact) mass is 487 g/mol. The van der Waals surface area contributed by atoms with Crippen molar-refractivity contribution in [3.8, 4) is 0 Å². The number of nitrogens with zero attached hydrogens (tertiary/aromatic N) is 2. The third-order valence-electron chi connectivity index (χ3n) is 5.61. The summed E-state index contributed by atoms with van der Waals surface area (Å²) in [6.45, 7) is 5.13. The van der Waals surface area contributed by atoms with Crippen molar-refractivity contribution in [1.29, 1.82) is 0 Å². The van der Waals surface area contributed by atoms with Crippen molar-refractivity contribution >= 4 is 29.0 Å². The molecule has 2 heterocycles. The van der Waals surface area contributed by atoms with E-state index < -0.39 is 23.3 Å². The third-order valence-corrected chi connectivity index (χ3v) is 5.61. The Morgan fingerprint density at radius 1 is 1.34 bits per heavy atom. The number of aromatic amines is 1. The van der Waals surface area contributed by atoms with E-state index in [1.165, 1.54) is 22.6 Å². The number of aromatic nitrogens is 2. The highest BCUT2D eigenvalue weighted by atomic mass is 16.5. The maximum atomic E-state index is 13.6. The van der Waals surface area contributed by atoms with Gasteiger partial charge in [0.25, 0.3) is 17.4 Å². The molecule has 2 aromatic rings. The second-order valence-electron chi connectivity index (χ2n) is 8.87. The molecule has 190 valence electrons. The molecule has 11 heteroatoms. The first kappa shape index (κ1) is 26.2. The molecular weight excluding hydrogens is 454 g/mol. The first-order chi connectivity index (χ1) is 16.7. The summed E-state index contributed by atoms with van der Waals surface area (Å²) in [4.78, 5) is 54.8. The van der Waals surface area contributed by atoms with Crippen LogP contribution in [-0.4, -0.2) is 54.3 Å². The molecule has 0 spiro atoms. The molecule has 2 amide bonds. The fourth-order valence-electron chi connectivity index (χ4n) is 3.96. The molecular formula is C24H33N5O6. The van der Waals surface area contributed by atoms with Gasteiger partial charge in [0, 0.05) is 44.7 Å². The normalized spacial score (nSPS) is 15.4. The van der Waals surface area contributed by atoms with Gasteiger partial charge in [0.2, 0.25) is 0 Å². The summed E-state index contributed by atoms with van der Waals surface area (Å²) in [5, 5.41) is 2.78. The number of hydrogen-bond acceptors (Lipinski definition) is 7. The van der Waals surface area contributed by atoms with Gasteiger partial charge < -0.3 is 25.4 Å². The van der Waals surface area contributed by atoms with Crippen molar-refractivity contribution in [2.45, 2.75) is 45.8 Å². The van der Waals surface area contributed by atoms with Crippen molar-refractivity contribution in [3.05, 3.63) is 50.7 Å². The third kappa shape index (κ3) is 6.37. The molecule has 0 bridgehead atoms. The number of benzene rings is 1. The molecule has 3 rings (SSSR count). The summed E-state index contributed by atoms with van der Waals surface area (Å²) in [7, 11) is 1.54. The van der Waals surface area contributed by atoms with E-state index in [4.69, 9.17) is 15.2 Å². The van der Waals surface area contributed by atoms with E-state index in [2.05, 4.69) is 10.3 Å². The van der Waals surface area contributed by atoms with Crippen molar-refractivity contribution in [2.24, 2.45) is 5.92 Å². The summed E-state index contributed by atoms with van der Waals surface area (Å²) in [6, 6.07) is 6.43. The summed E-state index contributed by atoms with van der Waals surface area (Å²) >= 11 is 0. The number of nitrogens with one attached hydrogen (secondary N) is 2. The van der Waals surface area contributed by atoms with Crippen molar-refractivity contribution in [2.75, 3.05) is 42.8 Å². The lowest BCUT2D eigenvalue weighted by Crippen LogP contribution is -2.42. The van der Waals surface area contributed by atoms with E-state index in [-0.39, 0.29) is 42.0 Å². The number of nitrogen functional groups attached to an aromatic ring is 1. The quantitative estimate of drug-likeness (QED) is 0.431. The van der Waals surface area contributed by atoms with Crippen molar-refractivity contribution in [3.63, 3.8) is 0 Å². The topological polar surface area (TPSA) is 149 Å². The number of anilines is 3. The molecule has 1 atom stereocenters. The first-order valence-electron chi connectivity index (χ1n) is 11.7. The number of rotatable bonds is 10. The van der Waals surface area contributed by atoms with Gasteiger partial charge in [-0.1, -0.05) is 19.9 Å². The lowest BCUT2D eigenvalue weighted by Gasteiger charge is -2.25. The van der Waals surface area contributed by atoms with Gasteiger partial charge in [0.05, 0.1) is 0 Å². The summed E-state index contributed by atoms with van der Waals surface area (Å²) in [5.74, 6) is -0.775. The fourth-order valence-corrected chi connectivity index (χ4v) is 3.96. The molecule has 1 fully saturated rings. The van der Waals surface area contributed by atoms with Crippen LogP contribution in [0.2, 0.25) is 0 Å². The molecule has 1 aromatic heterocycles. The van der Waals surface area contributed by atoms with Crippen LogP contribution in [0.1, 0.15) is 43.5 Å². The fraction of sp³-hybridized carbons (Fsp3) is 0.500. The molecule has 11 nitrogen and oxygen atoms in total. The summed E-state index contributed by atoms with van der Waals surface area (Å²) in [5.41, 5.74) is 5.46. The van der Waals surface area contributed by atoms with E-state index in [0.29, 0.717) is 31.7 Å². The van der Waals surface area contributed by atoms with Gasteiger partial charge in [-0.25, -0.2) is 4.79 Å². The number of methoxy groups -OCH3 is 1. The van der Waals surface area contributed by atoms with Crippen LogP contribution in [-0.2, 0) is 20.8 Å². The summed E-state index contributed by atoms with van der Waals surface area (Å²) in [6.07, 6.45) is 1.38. The number of H-pyrrole nitrogens is 1. The Kier molecular flexibility index (Phi) is 8.83. The van der Waals surface area contributed by atoms with Gasteiger partial charge >= 0.3 is 5.69 Å². The highest BCUT2D eigenvalue weighted by molar-refractivity contribution is 6.08. The smallest absolute Gasteiger partial charge is 0.330 e. The average molecular weight is 488 g/mol. The van der Waals surface area contributed by atoms with E-state index >= 15 is 0 Å². The van der Waals surface area contributed by atoms with Crippen LogP contribution in [0, 0.1) is 5.92 Å². The zero-order valence-electron chi connectivity index (χ0n) is 20.3. The minimum absolute atomic E-state index is 0.0792. The minimum Gasteiger partial charge on any atom is -0.385 e. The van der Waals surface area contributed by atoms with Crippen molar-refractivity contribution < 1.29 is 19.1 Å². The molecule has 0 radical (unpaired) electrons. The van der Waals surface area contributed by atoms with Gasteiger partial charge in [-0.2, -0.15) is 0 Å². The van der Waals surface area contributed by atoms with Crippen LogP contribution in [0.4, 0.5) is 17.2 Å². The summed E-state index contributed by atoms with van der Waals surface area (Å²) < 4.78 is 11.8. The number of carbonyl (C=O) groups excluding carboxylic acids is 2. The molecule has 0 saturated carbocycles. The maximum absolute atomic E-state index is 13.6. The van der Waals surface area contributed by atoms with E-state index in [1.807, 2.05) is 13.8 Å². The van der Waals surface area contributed by atoms with Gasteiger partial charge in [-0.3, -0.25) is 23.9 Å². The maximum Gasteiger partial charge on any atom is 0.330 e. The molecule has 1 unspecified atom stereocenters. The lowest BCUT2D eigenvalue weighted by molar-refractivity contribution is -0.124. The predicted molar refractivity (Wildman–Crippen MR) is 133 cm³/mol. The zero-order chi connectivity index (χ0) is 25.5. The van der Waals surface area contributed by atoms with Crippen LogP contribution in [0.15, 0.2) is 33.9 Å². The van der Waals surface area contributed by atoms with Crippen LogP contribution >= 0.6 is 0 Å². The lowest BCUT2D eigenvalue weighted by atomic mass is 10.1. The van der Waals surface area contributed by atoms with Gasteiger partial charge in [0.1, 0.15) is 11.9 Å².